The lowest BCUT2D eigenvalue weighted by Gasteiger charge is -2.12. The van der Waals surface area contributed by atoms with Gasteiger partial charge in [-0.15, -0.1) is 0 Å². The third-order valence-corrected chi connectivity index (χ3v) is 2.78. The maximum atomic E-state index is 10.7. The molecule has 0 heterocycles. The van der Waals surface area contributed by atoms with Crippen LogP contribution in [0.3, 0.4) is 0 Å². The van der Waals surface area contributed by atoms with Crippen molar-refractivity contribution in [2.45, 2.75) is 6.92 Å². The average molecular weight is 347 g/mol. The largest absolute Gasteiger partial charge is 0.493 e. The molecule has 1 amide bonds. The van der Waals surface area contributed by atoms with Gasteiger partial charge in [0, 0.05) is 6.08 Å². The fraction of sp³-hybridized carbons (Fsp3) is 0.250. The van der Waals surface area contributed by atoms with Crippen molar-refractivity contribution in [1.82, 2.24) is 0 Å². The highest BCUT2D eigenvalue weighted by molar-refractivity contribution is 14.1. The van der Waals surface area contributed by atoms with Gasteiger partial charge >= 0.3 is 0 Å². The Kier molecular flexibility index (Phi) is 5.27. The van der Waals surface area contributed by atoms with Crippen LogP contribution in [0.25, 0.3) is 6.08 Å². The molecule has 4 nitrogen and oxygen atoms in total. The molecule has 0 bridgehead atoms. The van der Waals surface area contributed by atoms with Gasteiger partial charge in [-0.3, -0.25) is 4.79 Å². The molecule has 0 fully saturated rings. The summed E-state index contributed by atoms with van der Waals surface area (Å²) in [5.74, 6) is 0.877. The summed E-state index contributed by atoms with van der Waals surface area (Å²) >= 11 is 2.16. The lowest BCUT2D eigenvalue weighted by atomic mass is 10.2. The fourth-order valence-corrected chi connectivity index (χ4v) is 2.08. The van der Waals surface area contributed by atoms with Crippen molar-refractivity contribution < 1.29 is 14.3 Å². The molecule has 92 valence electrons. The van der Waals surface area contributed by atoms with Gasteiger partial charge in [-0.25, -0.2) is 0 Å². The molecule has 0 aliphatic carbocycles. The Balaban J connectivity index is 3.12. The zero-order chi connectivity index (χ0) is 12.8. The number of hydrogen-bond acceptors (Lipinski definition) is 3. The number of methoxy groups -OCH3 is 1. The summed E-state index contributed by atoms with van der Waals surface area (Å²) in [6.07, 6.45) is 2.95. The summed E-state index contributed by atoms with van der Waals surface area (Å²) in [6, 6.07) is 3.69. The molecule has 1 aromatic carbocycles. The van der Waals surface area contributed by atoms with Crippen LogP contribution in [-0.2, 0) is 4.79 Å². The van der Waals surface area contributed by atoms with E-state index in [4.69, 9.17) is 15.2 Å². The van der Waals surface area contributed by atoms with E-state index in [1.54, 1.807) is 19.3 Å². The average Bonchev–Trinajstić information content (AvgIpc) is 2.29. The molecule has 0 aliphatic heterocycles. The van der Waals surface area contributed by atoms with E-state index in [-0.39, 0.29) is 0 Å². The first-order valence-electron chi connectivity index (χ1n) is 5.06. The van der Waals surface area contributed by atoms with Crippen LogP contribution in [0.5, 0.6) is 11.5 Å². The number of benzene rings is 1. The Morgan fingerprint density at radius 2 is 2.24 bits per heavy atom. The van der Waals surface area contributed by atoms with E-state index >= 15 is 0 Å². The van der Waals surface area contributed by atoms with E-state index in [2.05, 4.69) is 22.6 Å². The maximum absolute atomic E-state index is 10.7. The van der Waals surface area contributed by atoms with Crippen molar-refractivity contribution in [3.05, 3.63) is 27.3 Å². The van der Waals surface area contributed by atoms with Gasteiger partial charge in [0.2, 0.25) is 5.91 Å². The summed E-state index contributed by atoms with van der Waals surface area (Å²) in [6.45, 7) is 2.49. The Morgan fingerprint density at radius 3 is 2.76 bits per heavy atom. The molecular formula is C12H14INO3. The van der Waals surface area contributed by atoms with Crippen LogP contribution in [0.15, 0.2) is 18.2 Å². The van der Waals surface area contributed by atoms with E-state index in [9.17, 15) is 4.79 Å². The standard InChI is InChI=1S/C12H14INO3/c1-3-17-12-9(13)6-8(4-5-11(14)15)7-10(12)16-2/h4-7H,3H2,1-2H3,(H2,14,15)/b5-4-. The first-order valence-corrected chi connectivity index (χ1v) is 6.14. The third-order valence-electron chi connectivity index (χ3n) is 1.98. The van der Waals surface area contributed by atoms with Gasteiger partial charge in [0.05, 0.1) is 17.3 Å². The highest BCUT2D eigenvalue weighted by Gasteiger charge is 2.09. The fourth-order valence-electron chi connectivity index (χ4n) is 1.30. The lowest BCUT2D eigenvalue weighted by Crippen LogP contribution is -2.05. The van der Waals surface area contributed by atoms with Crippen LogP contribution in [0.2, 0.25) is 0 Å². The zero-order valence-corrected chi connectivity index (χ0v) is 11.9. The Labute approximate surface area is 114 Å². The highest BCUT2D eigenvalue weighted by Crippen LogP contribution is 2.34. The number of ether oxygens (including phenoxy) is 2. The number of amides is 1. The Morgan fingerprint density at radius 1 is 1.53 bits per heavy atom. The van der Waals surface area contributed by atoms with Crippen molar-refractivity contribution in [1.29, 1.82) is 0 Å². The molecule has 17 heavy (non-hydrogen) atoms. The molecule has 0 unspecified atom stereocenters. The van der Waals surface area contributed by atoms with Gasteiger partial charge in [0.1, 0.15) is 0 Å². The number of halogens is 1. The van der Waals surface area contributed by atoms with Crippen LogP contribution in [0.4, 0.5) is 0 Å². The second kappa shape index (κ2) is 6.48. The number of nitrogens with two attached hydrogens (primary N) is 1. The van der Waals surface area contributed by atoms with Crippen molar-refractivity contribution in [2.75, 3.05) is 13.7 Å². The van der Waals surface area contributed by atoms with Gasteiger partial charge in [0.15, 0.2) is 11.5 Å². The molecule has 0 saturated heterocycles. The molecule has 5 heteroatoms. The highest BCUT2D eigenvalue weighted by atomic mass is 127. The van der Waals surface area contributed by atoms with Crippen LogP contribution >= 0.6 is 22.6 Å². The van der Waals surface area contributed by atoms with Crippen LogP contribution in [0, 0.1) is 3.57 Å². The van der Waals surface area contributed by atoms with Crippen molar-refractivity contribution in [3.8, 4) is 11.5 Å². The van der Waals surface area contributed by atoms with Gasteiger partial charge in [0.25, 0.3) is 0 Å². The maximum Gasteiger partial charge on any atom is 0.241 e. The quantitative estimate of drug-likeness (QED) is 0.656. The predicted octanol–water partition coefficient (Wildman–Crippen LogP) is 2.20. The molecule has 0 aliphatic rings. The summed E-state index contributed by atoms with van der Waals surface area (Å²) in [5, 5.41) is 0. The van der Waals surface area contributed by atoms with E-state index in [1.165, 1.54) is 6.08 Å². The normalized spacial score (nSPS) is 10.5. The first kappa shape index (κ1) is 13.8. The molecule has 2 N–H and O–H groups in total. The van der Waals surface area contributed by atoms with Gasteiger partial charge in [-0.2, -0.15) is 0 Å². The predicted molar refractivity (Wildman–Crippen MR) is 75.1 cm³/mol. The summed E-state index contributed by atoms with van der Waals surface area (Å²) in [7, 11) is 1.58. The number of rotatable bonds is 5. The summed E-state index contributed by atoms with van der Waals surface area (Å²) in [4.78, 5) is 10.7. The first-order chi connectivity index (χ1) is 8.08. The third kappa shape index (κ3) is 3.92. The minimum absolute atomic E-state index is 0.479. The molecule has 0 saturated carbocycles. The number of hydrogen-bond donors (Lipinski definition) is 1. The number of carbonyl (C=O) groups is 1. The lowest BCUT2D eigenvalue weighted by molar-refractivity contribution is -0.113. The van der Waals surface area contributed by atoms with Crippen LogP contribution in [-0.4, -0.2) is 19.6 Å². The summed E-state index contributed by atoms with van der Waals surface area (Å²) < 4.78 is 11.7. The van der Waals surface area contributed by atoms with E-state index in [0.29, 0.717) is 18.1 Å². The smallest absolute Gasteiger partial charge is 0.241 e. The van der Waals surface area contributed by atoms with Gasteiger partial charge in [-0.05, 0) is 53.3 Å². The number of primary amides is 1. The zero-order valence-electron chi connectivity index (χ0n) is 9.70. The molecule has 0 radical (unpaired) electrons. The van der Waals surface area contributed by atoms with Crippen molar-refractivity contribution in [2.24, 2.45) is 5.73 Å². The van der Waals surface area contributed by atoms with Gasteiger partial charge in [-0.1, -0.05) is 0 Å². The molecule has 1 rings (SSSR count). The molecular weight excluding hydrogens is 333 g/mol. The van der Waals surface area contributed by atoms with Crippen molar-refractivity contribution in [3.63, 3.8) is 0 Å². The van der Waals surface area contributed by atoms with E-state index in [0.717, 1.165) is 9.13 Å². The van der Waals surface area contributed by atoms with E-state index in [1.807, 2.05) is 13.0 Å². The Bertz CT molecular complexity index is 444. The molecule has 0 aromatic heterocycles. The second-order valence-corrected chi connectivity index (χ2v) is 4.37. The van der Waals surface area contributed by atoms with E-state index < -0.39 is 5.91 Å². The molecule has 1 aromatic rings. The van der Waals surface area contributed by atoms with Crippen LogP contribution < -0.4 is 15.2 Å². The molecule has 0 atom stereocenters. The topological polar surface area (TPSA) is 61.5 Å². The minimum Gasteiger partial charge on any atom is -0.493 e. The SMILES string of the molecule is CCOc1c(I)cc(/C=C\C(N)=O)cc1OC. The Hall–Kier alpha value is -1.24. The van der Waals surface area contributed by atoms with Gasteiger partial charge < -0.3 is 15.2 Å². The number of carbonyl (C=O) groups excluding carboxylic acids is 1. The summed E-state index contributed by atoms with van der Waals surface area (Å²) in [5.41, 5.74) is 5.88. The molecule has 0 spiro atoms. The monoisotopic (exact) mass is 347 g/mol. The second-order valence-electron chi connectivity index (χ2n) is 3.20. The van der Waals surface area contributed by atoms with Crippen LogP contribution in [0.1, 0.15) is 12.5 Å². The minimum atomic E-state index is -0.479. The van der Waals surface area contributed by atoms with Crippen molar-refractivity contribution >= 4 is 34.6 Å².